The zero-order valence-corrected chi connectivity index (χ0v) is 20.2. The van der Waals surface area contributed by atoms with Gasteiger partial charge in [0.25, 0.3) is 10.0 Å². The van der Waals surface area contributed by atoms with Crippen LogP contribution in [-0.2, 0) is 10.0 Å². The van der Waals surface area contributed by atoms with Crippen molar-refractivity contribution >= 4 is 67.2 Å². The molecule has 11 heteroatoms. The number of nitrogens with zero attached hydrogens (tertiary/aromatic N) is 2. The first-order valence-corrected chi connectivity index (χ1v) is 12.9. The van der Waals surface area contributed by atoms with E-state index in [0.29, 0.717) is 21.7 Å². The van der Waals surface area contributed by atoms with Crippen LogP contribution in [0.2, 0.25) is 0 Å². The molecule has 3 heterocycles. The summed E-state index contributed by atoms with van der Waals surface area (Å²) in [5, 5.41) is 16.1. The molecule has 0 fully saturated rings. The molecule has 0 saturated heterocycles. The van der Waals surface area contributed by atoms with Gasteiger partial charge in [-0.15, -0.1) is 23.7 Å². The maximum absolute atomic E-state index is 13.0. The van der Waals surface area contributed by atoms with E-state index in [4.69, 9.17) is 5.11 Å². The number of sulfonamides is 1. The fraction of sp³-hybridized carbons (Fsp3) is 0.350. The van der Waals surface area contributed by atoms with Gasteiger partial charge in [-0.3, -0.25) is 9.30 Å². The monoisotopic (exact) mass is 500 g/mol. The van der Waals surface area contributed by atoms with Crippen LogP contribution in [0.1, 0.15) is 12.1 Å². The summed E-state index contributed by atoms with van der Waals surface area (Å²) in [6.07, 6.45) is 0.977. The Bertz CT molecular complexity index is 1150. The Morgan fingerprint density at radius 3 is 2.87 bits per heavy atom. The molecule has 0 bridgehead atoms. The number of hydrogen-bond acceptors (Lipinski definition) is 7. The molecule has 0 spiro atoms. The van der Waals surface area contributed by atoms with Crippen molar-refractivity contribution in [2.45, 2.75) is 15.9 Å². The van der Waals surface area contributed by atoms with Crippen LogP contribution in [0.15, 0.2) is 51.0 Å². The van der Waals surface area contributed by atoms with Crippen LogP contribution in [0.3, 0.4) is 0 Å². The van der Waals surface area contributed by atoms with Crippen molar-refractivity contribution in [3.05, 3.63) is 47.5 Å². The second kappa shape index (κ2) is 10.4. The lowest BCUT2D eigenvalue weighted by Crippen LogP contribution is -2.26. The van der Waals surface area contributed by atoms with Crippen LogP contribution in [0.25, 0.3) is 10.9 Å². The predicted molar refractivity (Wildman–Crippen MR) is 133 cm³/mol. The highest BCUT2D eigenvalue weighted by Gasteiger charge is 2.26. The van der Waals surface area contributed by atoms with Crippen molar-refractivity contribution in [2.24, 2.45) is 4.99 Å². The molecule has 1 atom stereocenters. The Labute approximate surface area is 196 Å². The van der Waals surface area contributed by atoms with E-state index in [1.807, 2.05) is 24.3 Å². The molecule has 0 saturated carbocycles. The zero-order valence-electron chi connectivity index (χ0n) is 16.9. The fourth-order valence-electron chi connectivity index (χ4n) is 3.38. The number of para-hydroxylation sites is 1. The van der Waals surface area contributed by atoms with E-state index in [1.165, 1.54) is 15.6 Å². The molecule has 1 aromatic carbocycles. The molecule has 0 amide bonds. The first-order chi connectivity index (χ1) is 14.5. The van der Waals surface area contributed by atoms with Crippen LogP contribution >= 0.6 is 35.5 Å². The van der Waals surface area contributed by atoms with E-state index in [9.17, 15) is 8.42 Å². The van der Waals surface area contributed by atoms with Crippen molar-refractivity contribution in [1.82, 2.24) is 10.3 Å². The molecule has 0 aliphatic carbocycles. The minimum Gasteiger partial charge on any atom is -0.395 e. The van der Waals surface area contributed by atoms with Gasteiger partial charge in [0.05, 0.1) is 30.0 Å². The highest BCUT2D eigenvalue weighted by molar-refractivity contribution is 8.15. The van der Waals surface area contributed by atoms with E-state index in [2.05, 4.69) is 15.3 Å². The van der Waals surface area contributed by atoms with Crippen LogP contribution in [0.5, 0.6) is 0 Å². The highest BCUT2D eigenvalue weighted by Crippen LogP contribution is 2.34. The van der Waals surface area contributed by atoms with Gasteiger partial charge in [-0.25, -0.2) is 8.42 Å². The maximum Gasteiger partial charge on any atom is 0.273 e. The van der Waals surface area contributed by atoms with Gasteiger partial charge in [0, 0.05) is 24.2 Å². The first-order valence-electron chi connectivity index (χ1n) is 9.68. The lowest BCUT2D eigenvalue weighted by atomic mass is 10.2. The van der Waals surface area contributed by atoms with Gasteiger partial charge in [0.2, 0.25) is 0 Å². The summed E-state index contributed by atoms with van der Waals surface area (Å²) in [6.45, 7) is 2.37. The van der Waals surface area contributed by atoms with Gasteiger partial charge in [-0.2, -0.15) is 0 Å². The normalized spacial score (nSPS) is 16.3. The molecule has 1 aliphatic rings. The Morgan fingerprint density at radius 2 is 2.13 bits per heavy atom. The molecule has 7 nitrogen and oxygen atoms in total. The number of aromatic nitrogens is 1. The Balaban J connectivity index is 0.00000272. The molecule has 1 aliphatic heterocycles. The number of aliphatic hydroxyl groups excluding tert-OH is 1. The number of aliphatic hydroxyl groups is 1. The van der Waals surface area contributed by atoms with Gasteiger partial charge in [0.15, 0.2) is 0 Å². The Kier molecular flexibility index (Phi) is 8.06. The molecule has 3 N–H and O–H groups in total. The zero-order chi connectivity index (χ0) is 21.1. The summed E-state index contributed by atoms with van der Waals surface area (Å²) < 4.78 is 27.6. The highest BCUT2D eigenvalue weighted by atomic mass is 35.5. The number of anilines is 1. The second-order valence-electron chi connectivity index (χ2n) is 6.98. The van der Waals surface area contributed by atoms with E-state index in [-0.39, 0.29) is 19.0 Å². The van der Waals surface area contributed by atoms with Gasteiger partial charge in [0.1, 0.15) is 9.25 Å². The summed E-state index contributed by atoms with van der Waals surface area (Å²) in [4.78, 5) is 8.08. The predicted octanol–water partition coefficient (Wildman–Crippen LogP) is 3.31. The number of rotatable bonds is 9. The summed E-state index contributed by atoms with van der Waals surface area (Å²) in [5.41, 5.74) is 2.31. The lowest BCUT2D eigenvalue weighted by molar-refractivity contribution is 0.292. The van der Waals surface area contributed by atoms with E-state index < -0.39 is 10.0 Å². The number of fused-ring (bicyclic) bond motifs is 1. The third kappa shape index (κ3) is 5.10. The summed E-state index contributed by atoms with van der Waals surface area (Å²) in [6, 6.07) is 11.0. The number of aliphatic imine (C=N–C) groups is 1. The standard InChI is InChI=1S/C20H24N4O3S3.ClH/c1-24(30(26,27)18-6-3-11-28-18)17-5-2-4-14-12-16(23-19(14)17)20-22-13-15(29-20)7-8-21-9-10-25;/h2-6,11-12,15,21,23,25H,7-10,13H2,1H3;1H. The van der Waals surface area contributed by atoms with Gasteiger partial charge >= 0.3 is 0 Å². The molecule has 168 valence electrons. The van der Waals surface area contributed by atoms with E-state index >= 15 is 0 Å². The lowest BCUT2D eigenvalue weighted by Gasteiger charge is -2.19. The topological polar surface area (TPSA) is 97.8 Å². The van der Waals surface area contributed by atoms with Crippen molar-refractivity contribution in [3.8, 4) is 0 Å². The average molecular weight is 501 g/mol. The molecular formula is C20H25ClN4O3S3. The van der Waals surface area contributed by atoms with Crippen molar-refractivity contribution < 1.29 is 13.5 Å². The largest absolute Gasteiger partial charge is 0.395 e. The van der Waals surface area contributed by atoms with Crippen LogP contribution < -0.4 is 9.62 Å². The van der Waals surface area contributed by atoms with Gasteiger partial charge < -0.3 is 15.4 Å². The molecule has 1 unspecified atom stereocenters. The third-order valence-corrected chi connectivity index (χ3v) is 9.40. The third-order valence-electron chi connectivity index (χ3n) is 4.96. The molecule has 2 aromatic heterocycles. The van der Waals surface area contributed by atoms with Crippen molar-refractivity contribution in [1.29, 1.82) is 0 Å². The summed E-state index contributed by atoms with van der Waals surface area (Å²) in [7, 11) is -2.02. The minimum absolute atomic E-state index is 0. The molecule has 0 radical (unpaired) electrons. The molecular weight excluding hydrogens is 476 g/mol. The van der Waals surface area contributed by atoms with Crippen LogP contribution in [0, 0.1) is 0 Å². The molecule has 31 heavy (non-hydrogen) atoms. The van der Waals surface area contributed by atoms with Crippen LogP contribution in [0.4, 0.5) is 5.69 Å². The summed E-state index contributed by atoms with van der Waals surface area (Å²) >= 11 is 2.95. The number of hydrogen-bond donors (Lipinski definition) is 3. The van der Waals surface area contributed by atoms with E-state index in [1.54, 1.807) is 36.3 Å². The first kappa shape index (κ1) is 24.1. The Hall–Kier alpha value is -1.56. The van der Waals surface area contributed by atoms with Crippen molar-refractivity contribution in [2.75, 3.05) is 37.6 Å². The maximum atomic E-state index is 13.0. The van der Waals surface area contributed by atoms with E-state index in [0.717, 1.165) is 41.2 Å². The number of halogens is 1. The number of benzene rings is 1. The summed E-state index contributed by atoms with van der Waals surface area (Å²) in [5.74, 6) is 0. The molecule has 3 aromatic rings. The van der Waals surface area contributed by atoms with Gasteiger partial charge in [-0.1, -0.05) is 30.0 Å². The number of H-pyrrole nitrogens is 1. The number of nitrogens with one attached hydrogen (secondary N) is 2. The second-order valence-corrected chi connectivity index (χ2v) is 11.4. The number of thioether (sulfide) groups is 1. The Morgan fingerprint density at radius 1 is 1.29 bits per heavy atom. The quantitative estimate of drug-likeness (QED) is 0.391. The smallest absolute Gasteiger partial charge is 0.273 e. The molecule has 4 rings (SSSR count). The van der Waals surface area contributed by atoms with Gasteiger partial charge in [-0.05, 0) is 36.5 Å². The number of thiophene rings is 1. The number of aromatic amines is 1. The average Bonchev–Trinajstić information content (AvgIpc) is 3.50. The van der Waals surface area contributed by atoms with Crippen LogP contribution in [-0.4, -0.2) is 62.1 Å². The fourth-order valence-corrected chi connectivity index (χ4v) is 6.83. The minimum atomic E-state index is -3.60. The SMILES string of the molecule is CN(c1cccc2cc(C3=NCC(CCNCCO)S3)[nH]c12)S(=O)(=O)c1cccs1.Cl. The van der Waals surface area contributed by atoms with Crippen molar-refractivity contribution in [3.63, 3.8) is 0 Å².